The van der Waals surface area contributed by atoms with Crippen LogP contribution < -0.4 is 5.32 Å². The zero-order chi connectivity index (χ0) is 21.7. The van der Waals surface area contributed by atoms with Crippen LogP contribution in [0.25, 0.3) is 11.0 Å². The zero-order valence-electron chi connectivity index (χ0n) is 17.7. The lowest BCUT2D eigenvalue weighted by Gasteiger charge is -2.15. The number of hydrogen-bond acceptors (Lipinski definition) is 5. The number of hydrogen-bond donors (Lipinski definition) is 1. The van der Waals surface area contributed by atoms with Crippen LogP contribution in [-0.4, -0.2) is 33.8 Å². The van der Waals surface area contributed by atoms with Crippen LogP contribution in [0.4, 0.5) is 5.69 Å². The number of benzene rings is 2. The highest BCUT2D eigenvalue weighted by Crippen LogP contribution is 2.20. The first-order valence-corrected chi connectivity index (χ1v) is 11.3. The molecule has 158 valence electrons. The molecule has 6 nitrogen and oxygen atoms in total. The molecule has 7 heteroatoms. The van der Waals surface area contributed by atoms with Gasteiger partial charge in [0.25, 0.3) is 5.91 Å². The molecule has 0 fully saturated rings. The third kappa shape index (κ3) is 5.21. The van der Waals surface area contributed by atoms with Gasteiger partial charge >= 0.3 is 5.97 Å². The quantitative estimate of drug-likeness (QED) is 0.534. The molecule has 0 aliphatic heterocycles. The Hall–Kier alpha value is -2.80. The van der Waals surface area contributed by atoms with Gasteiger partial charge < -0.3 is 14.6 Å². The summed E-state index contributed by atoms with van der Waals surface area (Å²) in [5.74, 6) is 1.08. The van der Waals surface area contributed by atoms with Crippen molar-refractivity contribution >= 4 is 40.4 Å². The van der Waals surface area contributed by atoms with Crippen molar-refractivity contribution in [2.24, 2.45) is 0 Å². The van der Waals surface area contributed by atoms with Gasteiger partial charge in [-0.15, -0.1) is 0 Å². The van der Waals surface area contributed by atoms with Crippen LogP contribution in [0.15, 0.2) is 48.5 Å². The van der Waals surface area contributed by atoms with Gasteiger partial charge in [0.15, 0.2) is 6.10 Å². The van der Waals surface area contributed by atoms with Crippen LogP contribution in [-0.2, 0) is 26.6 Å². The first kappa shape index (κ1) is 21.9. The Labute approximate surface area is 181 Å². The molecule has 1 aromatic heterocycles. The Morgan fingerprint density at radius 3 is 2.47 bits per heavy atom. The van der Waals surface area contributed by atoms with Gasteiger partial charge in [-0.05, 0) is 48.9 Å². The van der Waals surface area contributed by atoms with Crippen molar-refractivity contribution in [1.82, 2.24) is 9.55 Å². The summed E-state index contributed by atoms with van der Waals surface area (Å²) < 4.78 is 7.25. The predicted molar refractivity (Wildman–Crippen MR) is 122 cm³/mol. The molecule has 2 aromatic carbocycles. The summed E-state index contributed by atoms with van der Waals surface area (Å²) in [7, 11) is 0. The third-order valence-corrected chi connectivity index (χ3v) is 5.36. The standard InChI is InChI=1S/C23H27N3O3S/c1-15(2)17-9-11-18(12-10-17)24-23(28)16(3)29-22(27)13-26-20-8-6-5-7-19(20)25-21(26)14-30-4/h5-12,15-16H,13-14H2,1-4H3,(H,24,28)/t16-/m1/s1. The molecule has 1 atom stereocenters. The van der Waals surface area contributed by atoms with Crippen molar-refractivity contribution in [3.8, 4) is 0 Å². The van der Waals surface area contributed by atoms with E-state index in [1.54, 1.807) is 18.7 Å². The number of nitrogens with zero attached hydrogens (tertiary/aromatic N) is 2. The van der Waals surface area contributed by atoms with Crippen LogP contribution >= 0.6 is 11.8 Å². The highest BCUT2D eigenvalue weighted by atomic mass is 32.2. The van der Waals surface area contributed by atoms with E-state index in [9.17, 15) is 9.59 Å². The van der Waals surface area contributed by atoms with E-state index in [4.69, 9.17) is 4.74 Å². The number of amides is 1. The molecule has 0 radical (unpaired) electrons. The molecule has 0 bridgehead atoms. The molecule has 0 aliphatic carbocycles. The monoisotopic (exact) mass is 425 g/mol. The van der Waals surface area contributed by atoms with Crippen molar-refractivity contribution < 1.29 is 14.3 Å². The second-order valence-corrected chi connectivity index (χ2v) is 8.30. The number of nitrogens with one attached hydrogen (secondary N) is 1. The highest BCUT2D eigenvalue weighted by molar-refractivity contribution is 7.97. The average Bonchev–Trinajstić information content (AvgIpc) is 3.05. The number of aromatic nitrogens is 2. The SMILES string of the molecule is CSCc1nc2ccccc2n1CC(=O)O[C@H](C)C(=O)Nc1ccc(C(C)C)cc1. The van der Waals surface area contributed by atoms with E-state index in [0.29, 0.717) is 17.4 Å². The number of imidazole rings is 1. The summed E-state index contributed by atoms with van der Waals surface area (Å²) >= 11 is 1.63. The minimum atomic E-state index is -0.902. The van der Waals surface area contributed by atoms with Crippen LogP contribution in [0, 0.1) is 0 Å². The summed E-state index contributed by atoms with van der Waals surface area (Å²) in [5.41, 5.74) is 3.59. The number of fused-ring (bicyclic) bond motifs is 1. The first-order chi connectivity index (χ1) is 14.4. The first-order valence-electron chi connectivity index (χ1n) is 9.92. The number of para-hydroxylation sites is 2. The fraction of sp³-hybridized carbons (Fsp3) is 0.348. The average molecular weight is 426 g/mol. The smallest absolute Gasteiger partial charge is 0.326 e. The van der Waals surface area contributed by atoms with E-state index in [1.807, 2.05) is 59.4 Å². The molecular weight excluding hydrogens is 398 g/mol. The predicted octanol–water partition coefficient (Wildman–Crippen LogP) is 4.59. The molecule has 0 spiro atoms. The molecule has 0 saturated carbocycles. The number of thioether (sulfide) groups is 1. The van der Waals surface area contributed by atoms with Gasteiger partial charge in [-0.2, -0.15) is 11.8 Å². The lowest BCUT2D eigenvalue weighted by Crippen LogP contribution is -2.31. The molecule has 0 saturated heterocycles. The summed E-state index contributed by atoms with van der Waals surface area (Å²) in [6.07, 6.45) is 1.09. The fourth-order valence-electron chi connectivity index (χ4n) is 3.15. The van der Waals surface area contributed by atoms with Crippen LogP contribution in [0.3, 0.4) is 0 Å². The number of ether oxygens (including phenoxy) is 1. The van der Waals surface area contributed by atoms with Crippen molar-refractivity contribution in [3.05, 3.63) is 59.9 Å². The summed E-state index contributed by atoms with van der Waals surface area (Å²) in [4.78, 5) is 29.6. The number of esters is 1. The van der Waals surface area contributed by atoms with E-state index < -0.39 is 12.1 Å². The Balaban J connectivity index is 1.63. The number of anilines is 1. The van der Waals surface area contributed by atoms with Gasteiger partial charge in [0.05, 0.1) is 16.8 Å². The van der Waals surface area contributed by atoms with E-state index in [2.05, 4.69) is 24.1 Å². The van der Waals surface area contributed by atoms with Crippen LogP contribution in [0.2, 0.25) is 0 Å². The minimum absolute atomic E-state index is 0.0110. The van der Waals surface area contributed by atoms with Gasteiger partial charge in [-0.3, -0.25) is 9.59 Å². The van der Waals surface area contributed by atoms with E-state index in [0.717, 1.165) is 16.9 Å². The summed E-state index contributed by atoms with van der Waals surface area (Å²) in [6.45, 7) is 5.81. The van der Waals surface area contributed by atoms with E-state index in [1.165, 1.54) is 5.56 Å². The maximum Gasteiger partial charge on any atom is 0.326 e. The molecule has 0 aliphatic rings. The van der Waals surface area contributed by atoms with Crippen LogP contribution in [0.5, 0.6) is 0 Å². The van der Waals surface area contributed by atoms with Gasteiger partial charge in [-0.1, -0.05) is 38.1 Å². The second kappa shape index (κ2) is 9.80. The topological polar surface area (TPSA) is 73.2 Å². The molecule has 3 aromatic rings. The van der Waals surface area contributed by atoms with Crippen molar-refractivity contribution in [1.29, 1.82) is 0 Å². The molecule has 0 unspecified atom stereocenters. The van der Waals surface area contributed by atoms with Gasteiger partial charge in [0, 0.05) is 5.69 Å². The summed E-state index contributed by atoms with van der Waals surface area (Å²) in [5, 5.41) is 2.79. The number of carbonyl (C=O) groups excluding carboxylic acids is 2. The number of rotatable bonds is 8. The molecule has 3 rings (SSSR count). The third-order valence-electron chi connectivity index (χ3n) is 4.82. The lowest BCUT2D eigenvalue weighted by molar-refractivity contribution is -0.153. The molecule has 1 amide bonds. The lowest BCUT2D eigenvalue weighted by atomic mass is 10.0. The Morgan fingerprint density at radius 2 is 1.80 bits per heavy atom. The maximum atomic E-state index is 12.5. The highest BCUT2D eigenvalue weighted by Gasteiger charge is 2.20. The largest absolute Gasteiger partial charge is 0.451 e. The Morgan fingerprint density at radius 1 is 1.10 bits per heavy atom. The van der Waals surface area contributed by atoms with Gasteiger partial charge in [-0.25, -0.2) is 4.98 Å². The fourth-order valence-corrected chi connectivity index (χ4v) is 3.63. The minimum Gasteiger partial charge on any atom is -0.451 e. The van der Waals surface area contributed by atoms with Crippen molar-refractivity contribution in [3.63, 3.8) is 0 Å². The molecule has 1 heterocycles. The zero-order valence-corrected chi connectivity index (χ0v) is 18.5. The Bertz CT molecular complexity index is 1030. The number of carbonyl (C=O) groups is 2. The van der Waals surface area contributed by atoms with Gasteiger partial charge in [0.2, 0.25) is 0 Å². The normalized spacial score (nSPS) is 12.2. The maximum absolute atomic E-state index is 12.5. The van der Waals surface area contributed by atoms with Crippen LogP contribution in [0.1, 0.15) is 38.1 Å². The second-order valence-electron chi connectivity index (χ2n) is 7.43. The molecular formula is C23H27N3O3S. The molecule has 1 N–H and O–H groups in total. The van der Waals surface area contributed by atoms with Gasteiger partial charge in [0.1, 0.15) is 12.4 Å². The Kier molecular flexibility index (Phi) is 7.15. The summed E-state index contributed by atoms with van der Waals surface area (Å²) in [6, 6.07) is 15.3. The van der Waals surface area contributed by atoms with Crippen molar-refractivity contribution in [2.75, 3.05) is 11.6 Å². The van der Waals surface area contributed by atoms with E-state index >= 15 is 0 Å². The van der Waals surface area contributed by atoms with E-state index in [-0.39, 0.29) is 12.5 Å². The molecule has 30 heavy (non-hydrogen) atoms. The van der Waals surface area contributed by atoms with Crippen molar-refractivity contribution in [2.45, 2.75) is 45.1 Å².